The van der Waals surface area contributed by atoms with Crippen molar-refractivity contribution >= 4 is 39.9 Å². The number of carboxylic acid groups (broad SMARTS) is 1. The molecule has 5 aromatic carbocycles. The van der Waals surface area contributed by atoms with E-state index in [2.05, 4.69) is 95.3 Å². The van der Waals surface area contributed by atoms with Gasteiger partial charge in [-0.2, -0.15) is 0 Å². The molecule has 5 aromatic rings. The van der Waals surface area contributed by atoms with E-state index in [4.69, 9.17) is 0 Å². The molecule has 0 spiro atoms. The SMILES string of the molecule is O=CCC(N[C@@H](CCc1ccccc1)C(=O)O)[C@@H]1Cc2ccc3c(ccc4ccccc43)c2CC1N1C=Cc2ccccc2C1. The zero-order valence-corrected chi connectivity index (χ0v) is 25.3. The fourth-order valence-corrected chi connectivity index (χ4v) is 7.61. The molecule has 5 nitrogen and oxygen atoms in total. The number of rotatable bonds is 10. The van der Waals surface area contributed by atoms with E-state index in [0.717, 1.165) is 31.2 Å². The Bertz CT molecular complexity index is 1880. The molecule has 2 aliphatic rings. The molecule has 2 unspecified atom stereocenters. The van der Waals surface area contributed by atoms with E-state index in [9.17, 15) is 14.7 Å². The molecule has 2 N–H and O–H groups in total. The molecule has 226 valence electrons. The van der Waals surface area contributed by atoms with Crippen LogP contribution in [0.2, 0.25) is 0 Å². The van der Waals surface area contributed by atoms with Crippen LogP contribution in [0.25, 0.3) is 27.6 Å². The van der Waals surface area contributed by atoms with Crippen molar-refractivity contribution in [2.45, 2.75) is 56.8 Å². The van der Waals surface area contributed by atoms with Gasteiger partial charge in [0.05, 0.1) is 0 Å². The van der Waals surface area contributed by atoms with Crippen molar-refractivity contribution in [3.05, 3.63) is 137 Å². The molecule has 0 amide bonds. The molecular formula is C40H38N2O3. The minimum atomic E-state index is -0.876. The highest BCUT2D eigenvalue weighted by molar-refractivity contribution is 6.08. The Balaban J connectivity index is 1.26. The van der Waals surface area contributed by atoms with Crippen molar-refractivity contribution in [3.63, 3.8) is 0 Å². The molecule has 5 heteroatoms. The molecule has 45 heavy (non-hydrogen) atoms. The highest BCUT2D eigenvalue weighted by atomic mass is 16.4. The molecule has 0 aromatic heterocycles. The lowest BCUT2D eigenvalue weighted by molar-refractivity contribution is -0.140. The number of nitrogens with one attached hydrogen (secondary N) is 1. The monoisotopic (exact) mass is 594 g/mol. The number of benzene rings is 5. The van der Waals surface area contributed by atoms with Crippen LogP contribution < -0.4 is 5.32 Å². The van der Waals surface area contributed by atoms with Gasteiger partial charge in [-0.3, -0.25) is 4.79 Å². The number of fused-ring (bicyclic) bond motifs is 6. The van der Waals surface area contributed by atoms with Gasteiger partial charge >= 0.3 is 5.97 Å². The van der Waals surface area contributed by atoms with E-state index in [1.807, 2.05) is 30.3 Å². The number of aldehydes is 1. The number of carbonyl (C=O) groups excluding carboxylic acids is 1. The summed E-state index contributed by atoms with van der Waals surface area (Å²) in [6.07, 6.45) is 8.30. The molecule has 0 radical (unpaired) electrons. The van der Waals surface area contributed by atoms with Crippen molar-refractivity contribution in [1.29, 1.82) is 0 Å². The number of aliphatic carboxylic acids is 1. The third-order valence-electron chi connectivity index (χ3n) is 9.92. The highest BCUT2D eigenvalue weighted by Crippen LogP contribution is 2.39. The van der Waals surface area contributed by atoms with Gasteiger partial charge < -0.3 is 20.1 Å². The van der Waals surface area contributed by atoms with E-state index in [1.54, 1.807) is 0 Å². The van der Waals surface area contributed by atoms with Crippen molar-refractivity contribution < 1.29 is 14.7 Å². The molecule has 4 atom stereocenters. The summed E-state index contributed by atoms with van der Waals surface area (Å²) in [6, 6.07) is 35.1. The summed E-state index contributed by atoms with van der Waals surface area (Å²) < 4.78 is 0. The molecule has 0 saturated heterocycles. The van der Waals surface area contributed by atoms with Crippen LogP contribution >= 0.6 is 0 Å². The summed E-state index contributed by atoms with van der Waals surface area (Å²) in [4.78, 5) is 27.1. The molecule has 1 heterocycles. The zero-order chi connectivity index (χ0) is 30.8. The van der Waals surface area contributed by atoms with Crippen LogP contribution in [0, 0.1) is 5.92 Å². The molecular weight excluding hydrogens is 556 g/mol. The van der Waals surface area contributed by atoms with E-state index < -0.39 is 12.0 Å². The molecule has 7 rings (SSSR count). The Morgan fingerprint density at radius 3 is 2.47 bits per heavy atom. The number of hydrogen-bond donors (Lipinski definition) is 2. The highest BCUT2D eigenvalue weighted by Gasteiger charge is 2.39. The van der Waals surface area contributed by atoms with Crippen LogP contribution in [0.3, 0.4) is 0 Å². The van der Waals surface area contributed by atoms with E-state index >= 15 is 0 Å². The van der Waals surface area contributed by atoms with Crippen LogP contribution in [0.1, 0.15) is 40.7 Å². The maximum absolute atomic E-state index is 12.5. The van der Waals surface area contributed by atoms with Crippen LogP contribution in [-0.4, -0.2) is 40.4 Å². The summed E-state index contributed by atoms with van der Waals surface area (Å²) in [7, 11) is 0. The Hall–Kier alpha value is -4.74. The van der Waals surface area contributed by atoms with Crippen LogP contribution in [0.4, 0.5) is 0 Å². The topological polar surface area (TPSA) is 69.6 Å². The predicted octanol–water partition coefficient (Wildman–Crippen LogP) is 7.20. The van der Waals surface area contributed by atoms with Gasteiger partial charge in [-0.25, -0.2) is 0 Å². The van der Waals surface area contributed by atoms with Gasteiger partial charge in [0.15, 0.2) is 0 Å². The first-order chi connectivity index (χ1) is 22.1. The van der Waals surface area contributed by atoms with E-state index in [-0.39, 0.29) is 24.4 Å². The summed E-state index contributed by atoms with van der Waals surface area (Å²) in [5.74, 6) is -0.839. The lowest BCUT2D eigenvalue weighted by atomic mass is 9.73. The summed E-state index contributed by atoms with van der Waals surface area (Å²) >= 11 is 0. The van der Waals surface area contributed by atoms with Crippen molar-refractivity contribution in [1.82, 2.24) is 10.2 Å². The second-order valence-corrected chi connectivity index (χ2v) is 12.5. The molecule has 0 fully saturated rings. The van der Waals surface area contributed by atoms with Gasteiger partial charge in [0.25, 0.3) is 0 Å². The third kappa shape index (κ3) is 5.88. The van der Waals surface area contributed by atoms with Gasteiger partial charge in [0, 0.05) is 31.2 Å². The first-order valence-electron chi connectivity index (χ1n) is 16.0. The maximum Gasteiger partial charge on any atom is 0.320 e. The molecule has 0 saturated carbocycles. The van der Waals surface area contributed by atoms with Gasteiger partial charge in [-0.1, -0.05) is 103 Å². The maximum atomic E-state index is 12.5. The first kappa shape index (κ1) is 29.0. The zero-order valence-electron chi connectivity index (χ0n) is 25.3. The Labute approximate surface area is 264 Å². The number of hydrogen-bond acceptors (Lipinski definition) is 4. The number of carboxylic acids is 1. The predicted molar refractivity (Wildman–Crippen MR) is 181 cm³/mol. The van der Waals surface area contributed by atoms with Crippen molar-refractivity contribution in [3.8, 4) is 0 Å². The second-order valence-electron chi connectivity index (χ2n) is 12.5. The average molecular weight is 595 g/mol. The summed E-state index contributed by atoms with van der Waals surface area (Å²) in [5.41, 5.74) is 6.26. The van der Waals surface area contributed by atoms with E-state index in [0.29, 0.717) is 12.8 Å². The van der Waals surface area contributed by atoms with Crippen LogP contribution in [0.5, 0.6) is 0 Å². The summed E-state index contributed by atoms with van der Waals surface area (Å²) in [6.45, 7) is 0.779. The largest absolute Gasteiger partial charge is 0.480 e. The first-order valence-corrected chi connectivity index (χ1v) is 16.0. The number of carbonyl (C=O) groups is 2. The van der Waals surface area contributed by atoms with Crippen LogP contribution in [-0.2, 0) is 35.4 Å². The van der Waals surface area contributed by atoms with Gasteiger partial charge in [-0.05, 0) is 87.0 Å². The Kier molecular flexibility index (Phi) is 8.19. The molecule has 1 aliphatic carbocycles. The summed E-state index contributed by atoms with van der Waals surface area (Å²) in [5, 5.41) is 18.8. The number of aryl methyl sites for hydroxylation is 1. The van der Waals surface area contributed by atoms with Crippen molar-refractivity contribution in [2.24, 2.45) is 5.92 Å². The van der Waals surface area contributed by atoms with Crippen molar-refractivity contribution in [2.75, 3.05) is 0 Å². The van der Waals surface area contributed by atoms with E-state index in [1.165, 1.54) is 43.8 Å². The average Bonchev–Trinajstić information content (AvgIpc) is 3.08. The quantitative estimate of drug-likeness (QED) is 0.132. The molecule has 1 aliphatic heterocycles. The Morgan fingerprint density at radius 2 is 1.62 bits per heavy atom. The lowest BCUT2D eigenvalue weighted by Crippen LogP contribution is -2.55. The standard InChI is InChI=1S/C40H38N2O3/c43-23-21-37(41-38(40(44)45)19-14-27-8-2-1-3-9-27)36-24-30-16-18-33-32-13-7-6-11-29(32)15-17-34(33)35(30)25-39(36)42-22-20-28-10-4-5-12-31(28)26-42/h1-13,15-18,20,22-23,36-39,41H,14,19,21,24-26H2,(H,44,45)/t36-,37?,38-,39?/m0/s1. The van der Waals surface area contributed by atoms with Gasteiger partial charge in [-0.15, -0.1) is 0 Å². The minimum Gasteiger partial charge on any atom is -0.480 e. The second kappa shape index (κ2) is 12.7. The normalized spacial score (nSPS) is 18.7. The van der Waals surface area contributed by atoms with Gasteiger partial charge in [0.1, 0.15) is 12.3 Å². The smallest absolute Gasteiger partial charge is 0.320 e. The minimum absolute atomic E-state index is 0.0362. The Morgan fingerprint density at radius 1 is 0.844 bits per heavy atom. The molecule has 0 bridgehead atoms. The van der Waals surface area contributed by atoms with Crippen LogP contribution in [0.15, 0.2) is 109 Å². The number of nitrogens with zero attached hydrogens (tertiary/aromatic N) is 1. The fourth-order valence-electron chi connectivity index (χ4n) is 7.61. The lowest BCUT2D eigenvalue weighted by Gasteiger charge is -2.45. The van der Waals surface area contributed by atoms with Gasteiger partial charge in [0.2, 0.25) is 0 Å². The fraction of sp³-hybridized carbons (Fsp3) is 0.250. The third-order valence-corrected chi connectivity index (χ3v) is 9.92.